The van der Waals surface area contributed by atoms with Gasteiger partial charge < -0.3 is 19.7 Å². The Balaban J connectivity index is 1.53. The van der Waals surface area contributed by atoms with Crippen LogP contribution in [-0.4, -0.2) is 46.6 Å². The number of carbonyl (C=O) groups is 2. The molecule has 34 heavy (non-hydrogen) atoms. The molecule has 6 rings (SSSR count). The minimum Gasteiger partial charge on any atom is -0.460 e. The van der Waals surface area contributed by atoms with Crippen LogP contribution >= 0.6 is 0 Å². The van der Waals surface area contributed by atoms with Gasteiger partial charge in [0.25, 0.3) is 0 Å². The third-order valence-corrected chi connectivity index (χ3v) is 9.98. The molecule has 0 aromatic carbocycles. The lowest BCUT2D eigenvalue weighted by molar-refractivity contribution is -0.436. The van der Waals surface area contributed by atoms with Crippen molar-refractivity contribution in [2.75, 3.05) is 6.61 Å². The number of unbranched alkanes of at least 4 members (excludes halogenated alkanes) is 4. The minimum atomic E-state index is -2.10. The molecular weight excluding hydrogens is 432 g/mol. The largest absolute Gasteiger partial charge is 0.460 e. The highest BCUT2D eigenvalue weighted by atomic mass is 16.6. The molecule has 2 aliphatic heterocycles. The minimum absolute atomic E-state index is 0.250. The fraction of sp³-hybridized carbons (Fsp3) is 0.786. The molecule has 2 N–H and O–H groups in total. The SMILES string of the molecule is C=C1C(=O)[C@]23[C@H](OC(=O)CCCCCCC)[C@H]1CC[C@H]2[C@]12C=CCC(C)(C)[C@H]1[C@H](O)[C@]3(O)OC2. The highest BCUT2D eigenvalue weighted by molar-refractivity contribution is 6.05. The number of Topliss-reactive ketones (excluding diaryl/α,β-unsaturated/α-hetero) is 1. The van der Waals surface area contributed by atoms with Gasteiger partial charge in [0.1, 0.15) is 17.6 Å². The number of rotatable bonds is 7. The van der Waals surface area contributed by atoms with Gasteiger partial charge in [-0.25, -0.2) is 0 Å². The molecule has 0 radical (unpaired) electrons. The number of carbonyl (C=O) groups excluding carboxylic acids is 2. The van der Waals surface area contributed by atoms with E-state index in [0.717, 1.165) is 38.5 Å². The first-order chi connectivity index (χ1) is 16.1. The summed E-state index contributed by atoms with van der Waals surface area (Å²) in [6.07, 6.45) is 9.67. The molecule has 0 unspecified atom stereocenters. The number of fused-ring (bicyclic) bond motifs is 2. The van der Waals surface area contributed by atoms with Gasteiger partial charge in [-0.2, -0.15) is 0 Å². The van der Waals surface area contributed by atoms with Crippen molar-refractivity contribution in [3.8, 4) is 0 Å². The fourth-order valence-electron chi connectivity index (χ4n) is 8.62. The lowest BCUT2D eigenvalue weighted by Gasteiger charge is -2.72. The van der Waals surface area contributed by atoms with E-state index < -0.39 is 28.8 Å². The van der Waals surface area contributed by atoms with Crippen molar-refractivity contribution in [3.05, 3.63) is 24.3 Å². The van der Waals surface area contributed by atoms with Gasteiger partial charge in [-0.15, -0.1) is 0 Å². The molecule has 4 aliphatic carbocycles. The predicted molar refractivity (Wildman–Crippen MR) is 126 cm³/mol. The molecule has 6 aliphatic rings. The molecule has 188 valence electrons. The summed E-state index contributed by atoms with van der Waals surface area (Å²) in [6, 6.07) is 0. The molecule has 3 saturated carbocycles. The van der Waals surface area contributed by atoms with Crippen LogP contribution in [0.2, 0.25) is 0 Å². The van der Waals surface area contributed by atoms with Gasteiger partial charge in [-0.3, -0.25) is 9.59 Å². The Morgan fingerprint density at radius 3 is 2.71 bits per heavy atom. The average molecular weight is 473 g/mol. The van der Waals surface area contributed by atoms with Crippen LogP contribution < -0.4 is 0 Å². The Morgan fingerprint density at radius 2 is 1.97 bits per heavy atom. The van der Waals surface area contributed by atoms with E-state index in [1.165, 1.54) is 0 Å². The maximum Gasteiger partial charge on any atom is 0.306 e. The Morgan fingerprint density at radius 1 is 1.24 bits per heavy atom. The van der Waals surface area contributed by atoms with Gasteiger partial charge >= 0.3 is 5.97 Å². The van der Waals surface area contributed by atoms with E-state index in [1.54, 1.807) is 0 Å². The van der Waals surface area contributed by atoms with Crippen molar-refractivity contribution in [1.29, 1.82) is 0 Å². The van der Waals surface area contributed by atoms with Crippen molar-refractivity contribution >= 4 is 11.8 Å². The molecule has 5 fully saturated rings. The Bertz CT molecular complexity index is 922. The zero-order valence-corrected chi connectivity index (χ0v) is 20.8. The van der Waals surface area contributed by atoms with Gasteiger partial charge in [-0.1, -0.05) is 65.2 Å². The molecule has 0 aromatic heterocycles. The van der Waals surface area contributed by atoms with Crippen molar-refractivity contribution in [2.45, 2.75) is 96.6 Å². The fourth-order valence-corrected chi connectivity index (χ4v) is 8.62. The predicted octanol–water partition coefficient (Wildman–Crippen LogP) is 4.09. The molecule has 0 amide bonds. The van der Waals surface area contributed by atoms with Gasteiger partial charge in [0, 0.05) is 23.7 Å². The van der Waals surface area contributed by atoms with Crippen molar-refractivity contribution in [2.24, 2.45) is 34.0 Å². The second kappa shape index (κ2) is 8.01. The van der Waals surface area contributed by atoms with Crippen LogP contribution in [0.15, 0.2) is 24.3 Å². The average Bonchev–Trinajstić information content (AvgIpc) is 2.89. The van der Waals surface area contributed by atoms with Crippen molar-refractivity contribution < 1.29 is 29.3 Å². The first-order valence-corrected chi connectivity index (χ1v) is 13.2. The van der Waals surface area contributed by atoms with Crippen LogP contribution in [0.4, 0.5) is 0 Å². The second-order valence-corrected chi connectivity index (χ2v) is 12.1. The molecule has 2 heterocycles. The van der Waals surface area contributed by atoms with Crippen LogP contribution in [0.5, 0.6) is 0 Å². The van der Waals surface area contributed by atoms with Crippen molar-refractivity contribution in [1.82, 2.24) is 0 Å². The number of hydrogen-bond donors (Lipinski definition) is 2. The lowest BCUT2D eigenvalue weighted by Crippen LogP contribution is -2.83. The molecule has 4 bridgehead atoms. The van der Waals surface area contributed by atoms with E-state index >= 15 is 0 Å². The summed E-state index contributed by atoms with van der Waals surface area (Å²) in [5, 5.41) is 23.8. The van der Waals surface area contributed by atoms with E-state index in [0.29, 0.717) is 18.4 Å². The summed E-state index contributed by atoms with van der Waals surface area (Å²) >= 11 is 0. The third kappa shape index (κ3) is 2.85. The summed E-state index contributed by atoms with van der Waals surface area (Å²) in [5.41, 5.74) is -1.99. The Labute approximate surface area is 202 Å². The molecule has 0 aromatic rings. The summed E-state index contributed by atoms with van der Waals surface area (Å²) in [4.78, 5) is 26.9. The summed E-state index contributed by atoms with van der Waals surface area (Å²) < 4.78 is 12.2. The molecule has 2 spiro atoms. The second-order valence-electron chi connectivity index (χ2n) is 12.1. The number of ketones is 1. The van der Waals surface area contributed by atoms with Crippen LogP contribution in [0, 0.1) is 34.0 Å². The molecule has 6 nitrogen and oxygen atoms in total. The monoisotopic (exact) mass is 472 g/mol. The maximum atomic E-state index is 14.0. The number of aliphatic hydroxyl groups is 2. The first kappa shape index (κ1) is 24.2. The van der Waals surface area contributed by atoms with Gasteiger partial charge in [0.05, 0.1) is 6.61 Å². The van der Waals surface area contributed by atoms with Crippen LogP contribution in [0.1, 0.15) is 78.6 Å². The quantitative estimate of drug-likeness (QED) is 0.251. The number of ether oxygens (including phenoxy) is 2. The summed E-state index contributed by atoms with van der Waals surface area (Å²) in [5.74, 6) is -3.63. The number of esters is 1. The zero-order valence-electron chi connectivity index (χ0n) is 20.8. The highest BCUT2D eigenvalue weighted by Crippen LogP contribution is 2.75. The number of allylic oxidation sites excluding steroid dienone is 1. The van der Waals surface area contributed by atoms with E-state index in [2.05, 4.69) is 39.5 Å². The van der Waals surface area contributed by atoms with Crippen LogP contribution in [0.3, 0.4) is 0 Å². The highest BCUT2D eigenvalue weighted by Gasteiger charge is 2.86. The van der Waals surface area contributed by atoms with Gasteiger partial charge in [0.2, 0.25) is 5.79 Å². The topological polar surface area (TPSA) is 93.1 Å². The van der Waals surface area contributed by atoms with E-state index in [4.69, 9.17) is 9.47 Å². The Hall–Kier alpha value is -1.50. The molecule has 2 saturated heterocycles. The number of hydrogen-bond acceptors (Lipinski definition) is 6. The summed E-state index contributed by atoms with van der Waals surface area (Å²) in [6.45, 7) is 10.7. The van der Waals surface area contributed by atoms with E-state index in [-0.39, 0.29) is 47.9 Å². The smallest absolute Gasteiger partial charge is 0.306 e. The molecule has 8 atom stereocenters. The maximum absolute atomic E-state index is 14.0. The molecular formula is C28H40O6. The van der Waals surface area contributed by atoms with Gasteiger partial charge in [-0.05, 0) is 42.6 Å². The lowest BCUT2D eigenvalue weighted by atomic mass is 9.37. The standard InChI is InChI=1S/C28H40O6/c1-5-6-7-8-9-11-20(29)34-24-18-12-13-19-26-15-10-14-25(3,4)21(26)23(31)28(32,33-16-26)27(19,24)22(30)17(18)2/h10,15,18-19,21,23-24,31-32H,2,5-9,11-14,16H2,1,3-4H3/t18-,19-,21+,23-,24+,26+,27-,28-/m0/s1. The first-order valence-electron chi connectivity index (χ1n) is 13.2. The van der Waals surface area contributed by atoms with E-state index in [1.807, 2.05) is 0 Å². The van der Waals surface area contributed by atoms with Crippen molar-refractivity contribution in [3.63, 3.8) is 0 Å². The normalized spacial score (nSPS) is 45.7. The van der Waals surface area contributed by atoms with Gasteiger partial charge in [0.15, 0.2) is 5.78 Å². The summed E-state index contributed by atoms with van der Waals surface area (Å²) in [7, 11) is 0. The van der Waals surface area contributed by atoms with Crippen LogP contribution in [-0.2, 0) is 19.1 Å². The Kier molecular flexibility index (Phi) is 5.70. The van der Waals surface area contributed by atoms with E-state index in [9.17, 15) is 19.8 Å². The number of aliphatic hydroxyl groups excluding tert-OH is 1. The van der Waals surface area contributed by atoms with Crippen LogP contribution in [0.25, 0.3) is 0 Å². The third-order valence-electron chi connectivity index (χ3n) is 9.98. The zero-order chi connectivity index (χ0) is 24.5. The molecule has 6 heteroatoms.